The van der Waals surface area contributed by atoms with E-state index in [1.165, 1.54) is 0 Å². The van der Waals surface area contributed by atoms with Crippen LogP contribution in [0.4, 0.5) is 0 Å². The van der Waals surface area contributed by atoms with Gasteiger partial charge in [0.05, 0.1) is 0 Å². The van der Waals surface area contributed by atoms with Gasteiger partial charge in [0.25, 0.3) is 0 Å². The van der Waals surface area contributed by atoms with Gasteiger partial charge in [-0.15, -0.1) is 0 Å². The van der Waals surface area contributed by atoms with Crippen LogP contribution >= 0.6 is 11.6 Å². The first kappa shape index (κ1) is 15.7. The van der Waals surface area contributed by atoms with Crippen LogP contribution in [0.2, 0.25) is 5.02 Å². The van der Waals surface area contributed by atoms with Gasteiger partial charge < -0.3 is 15.2 Å². The smallest absolute Gasteiger partial charge is 0.122 e. The molecule has 112 valence electrons. The molecular formula is C17H20ClNO2. The van der Waals surface area contributed by atoms with Gasteiger partial charge in [-0.1, -0.05) is 30.7 Å². The van der Waals surface area contributed by atoms with Crippen LogP contribution in [0.25, 0.3) is 0 Å². The minimum Gasteiger partial charge on any atom is -0.490 e. The molecule has 2 rings (SSSR count). The second-order valence-electron chi connectivity index (χ2n) is 4.65. The molecule has 0 aliphatic heterocycles. The number of aryl methyl sites for hydroxylation is 1. The summed E-state index contributed by atoms with van der Waals surface area (Å²) < 4.78 is 11.3. The number of nitrogens with two attached hydrogens (primary N) is 1. The summed E-state index contributed by atoms with van der Waals surface area (Å²) in [6.45, 7) is 3.59. The summed E-state index contributed by atoms with van der Waals surface area (Å²) in [6, 6.07) is 13.5. The number of hydrogen-bond donors (Lipinski definition) is 1. The minimum atomic E-state index is 0.490. The lowest BCUT2D eigenvalue weighted by atomic mass is 10.1. The van der Waals surface area contributed by atoms with Gasteiger partial charge in [-0.25, -0.2) is 0 Å². The third kappa shape index (κ3) is 4.66. The highest BCUT2D eigenvalue weighted by Gasteiger charge is 2.01. The van der Waals surface area contributed by atoms with E-state index in [0.29, 0.717) is 19.8 Å². The van der Waals surface area contributed by atoms with Crippen molar-refractivity contribution in [2.75, 3.05) is 13.2 Å². The molecule has 4 heteroatoms. The van der Waals surface area contributed by atoms with Crippen LogP contribution in [0.5, 0.6) is 11.5 Å². The summed E-state index contributed by atoms with van der Waals surface area (Å²) in [7, 11) is 0. The summed E-state index contributed by atoms with van der Waals surface area (Å²) >= 11 is 6.07. The van der Waals surface area contributed by atoms with E-state index in [1.54, 1.807) is 0 Å². The molecule has 0 fully saturated rings. The highest BCUT2D eigenvalue weighted by atomic mass is 35.5. The third-order valence-electron chi connectivity index (χ3n) is 3.18. The van der Waals surface area contributed by atoms with Crippen molar-refractivity contribution in [3.05, 3.63) is 58.6 Å². The first-order valence-electron chi connectivity index (χ1n) is 7.06. The Labute approximate surface area is 130 Å². The molecule has 21 heavy (non-hydrogen) atoms. The quantitative estimate of drug-likeness (QED) is 0.791. The maximum atomic E-state index is 6.07. The van der Waals surface area contributed by atoms with E-state index in [4.69, 9.17) is 26.8 Å². The zero-order chi connectivity index (χ0) is 15.1. The second-order valence-corrected chi connectivity index (χ2v) is 5.06. The molecule has 0 amide bonds. The molecule has 0 saturated heterocycles. The first-order valence-corrected chi connectivity index (χ1v) is 7.43. The predicted molar refractivity (Wildman–Crippen MR) is 86.2 cm³/mol. The number of halogens is 1. The molecule has 0 unspecified atom stereocenters. The summed E-state index contributed by atoms with van der Waals surface area (Å²) in [5.74, 6) is 1.64. The Hall–Kier alpha value is -1.71. The van der Waals surface area contributed by atoms with Crippen LogP contribution in [0.3, 0.4) is 0 Å². The fraction of sp³-hybridized carbons (Fsp3) is 0.294. The van der Waals surface area contributed by atoms with Crippen LogP contribution in [-0.4, -0.2) is 13.2 Å². The Bertz CT molecular complexity index is 570. The van der Waals surface area contributed by atoms with Crippen LogP contribution in [0, 0.1) is 0 Å². The van der Waals surface area contributed by atoms with Crippen LogP contribution in [0.1, 0.15) is 18.1 Å². The molecule has 0 aliphatic rings. The lowest BCUT2D eigenvalue weighted by Gasteiger charge is -2.10. The number of ether oxygens (including phenoxy) is 2. The lowest BCUT2D eigenvalue weighted by Crippen LogP contribution is -2.09. The van der Waals surface area contributed by atoms with E-state index >= 15 is 0 Å². The largest absolute Gasteiger partial charge is 0.490 e. The highest BCUT2D eigenvalue weighted by molar-refractivity contribution is 6.31. The zero-order valence-corrected chi connectivity index (χ0v) is 12.9. The van der Waals surface area contributed by atoms with Gasteiger partial charge in [0.1, 0.15) is 24.7 Å². The van der Waals surface area contributed by atoms with Crippen molar-refractivity contribution in [2.24, 2.45) is 5.73 Å². The SMILES string of the molecule is CCc1cc(OCCOc2ccc(CN)cc2)ccc1Cl. The zero-order valence-electron chi connectivity index (χ0n) is 12.1. The van der Waals surface area contributed by atoms with Crippen molar-refractivity contribution in [1.82, 2.24) is 0 Å². The predicted octanol–water partition coefficient (Wildman–Crippen LogP) is 3.82. The Balaban J connectivity index is 1.78. The molecule has 0 radical (unpaired) electrons. The van der Waals surface area contributed by atoms with Crippen LogP contribution in [0.15, 0.2) is 42.5 Å². The normalized spacial score (nSPS) is 10.4. The van der Waals surface area contributed by atoms with Crippen LogP contribution in [-0.2, 0) is 13.0 Å². The minimum absolute atomic E-state index is 0.490. The van der Waals surface area contributed by atoms with Crippen molar-refractivity contribution < 1.29 is 9.47 Å². The molecular weight excluding hydrogens is 286 g/mol. The van der Waals surface area contributed by atoms with Gasteiger partial charge in [0.15, 0.2) is 0 Å². The number of rotatable bonds is 7. The van der Waals surface area contributed by atoms with Crippen molar-refractivity contribution >= 4 is 11.6 Å². The Kier molecular flexibility index (Phi) is 5.90. The van der Waals surface area contributed by atoms with Gasteiger partial charge in [-0.2, -0.15) is 0 Å². The lowest BCUT2D eigenvalue weighted by molar-refractivity contribution is 0.217. The molecule has 2 aromatic rings. The van der Waals surface area contributed by atoms with Crippen LogP contribution < -0.4 is 15.2 Å². The molecule has 0 saturated carbocycles. The van der Waals surface area contributed by atoms with E-state index in [0.717, 1.165) is 34.1 Å². The molecule has 2 N–H and O–H groups in total. The molecule has 0 aromatic heterocycles. The maximum absolute atomic E-state index is 6.07. The van der Waals surface area contributed by atoms with E-state index in [2.05, 4.69) is 6.92 Å². The fourth-order valence-corrected chi connectivity index (χ4v) is 2.20. The molecule has 0 aliphatic carbocycles. The number of benzene rings is 2. The van der Waals surface area contributed by atoms with Gasteiger partial charge in [-0.05, 0) is 47.9 Å². The van der Waals surface area contributed by atoms with E-state index in [-0.39, 0.29) is 0 Å². The van der Waals surface area contributed by atoms with Gasteiger partial charge in [-0.3, -0.25) is 0 Å². The summed E-state index contributed by atoms with van der Waals surface area (Å²) in [4.78, 5) is 0. The molecule has 0 heterocycles. The van der Waals surface area contributed by atoms with Gasteiger partial charge in [0, 0.05) is 11.6 Å². The molecule has 0 spiro atoms. The summed E-state index contributed by atoms with van der Waals surface area (Å²) in [5.41, 5.74) is 7.73. The molecule has 0 bridgehead atoms. The summed E-state index contributed by atoms with van der Waals surface area (Å²) in [6.07, 6.45) is 0.889. The fourth-order valence-electron chi connectivity index (χ4n) is 1.95. The second kappa shape index (κ2) is 7.91. The summed E-state index contributed by atoms with van der Waals surface area (Å²) in [5, 5.41) is 0.779. The van der Waals surface area contributed by atoms with Gasteiger partial charge >= 0.3 is 0 Å². The third-order valence-corrected chi connectivity index (χ3v) is 3.55. The molecule has 2 aromatic carbocycles. The van der Waals surface area contributed by atoms with E-state index < -0.39 is 0 Å². The molecule has 0 atom stereocenters. The topological polar surface area (TPSA) is 44.5 Å². The first-order chi connectivity index (χ1) is 10.2. The maximum Gasteiger partial charge on any atom is 0.122 e. The van der Waals surface area contributed by atoms with Gasteiger partial charge in [0.2, 0.25) is 0 Å². The monoisotopic (exact) mass is 305 g/mol. The van der Waals surface area contributed by atoms with Crippen molar-refractivity contribution in [3.63, 3.8) is 0 Å². The average molecular weight is 306 g/mol. The molecule has 3 nitrogen and oxygen atoms in total. The average Bonchev–Trinajstić information content (AvgIpc) is 2.53. The van der Waals surface area contributed by atoms with Crippen molar-refractivity contribution in [2.45, 2.75) is 19.9 Å². The number of hydrogen-bond acceptors (Lipinski definition) is 3. The van der Waals surface area contributed by atoms with Crippen molar-refractivity contribution in [1.29, 1.82) is 0 Å². The standard InChI is InChI=1S/C17H20ClNO2/c1-2-14-11-16(7-8-17(14)18)21-10-9-20-15-5-3-13(12-19)4-6-15/h3-8,11H,2,9-10,12,19H2,1H3. The Morgan fingerprint density at radius 1 is 0.952 bits per heavy atom. The Morgan fingerprint density at radius 3 is 2.19 bits per heavy atom. The van der Waals surface area contributed by atoms with Crippen molar-refractivity contribution in [3.8, 4) is 11.5 Å². The Morgan fingerprint density at radius 2 is 1.57 bits per heavy atom. The highest BCUT2D eigenvalue weighted by Crippen LogP contribution is 2.22. The van der Waals surface area contributed by atoms with E-state index in [9.17, 15) is 0 Å². The van der Waals surface area contributed by atoms with E-state index in [1.807, 2.05) is 42.5 Å².